The Labute approximate surface area is 117 Å². The fourth-order valence-corrected chi connectivity index (χ4v) is 2.42. The fourth-order valence-electron chi connectivity index (χ4n) is 1.56. The van der Waals surface area contributed by atoms with E-state index in [0.717, 1.165) is 11.4 Å². The maximum Gasteiger partial charge on any atom is 0.141 e. The number of halogens is 3. The minimum Gasteiger partial charge on any atom is -0.390 e. The lowest BCUT2D eigenvalue weighted by Gasteiger charge is -2.05. The third kappa shape index (κ3) is 2.36. The van der Waals surface area contributed by atoms with Crippen molar-refractivity contribution < 1.29 is 5.11 Å². The molecule has 0 aliphatic rings. The molecule has 0 radical (unpaired) electrons. The second-order valence-electron chi connectivity index (χ2n) is 3.52. The summed E-state index contributed by atoms with van der Waals surface area (Å²) in [6.45, 7) is -0.0780. The number of aromatic nitrogens is 2. The van der Waals surface area contributed by atoms with Crippen LogP contribution in [0.1, 0.15) is 5.69 Å². The first-order chi connectivity index (χ1) is 8.04. The smallest absolute Gasteiger partial charge is 0.141 e. The highest BCUT2D eigenvalue weighted by atomic mass is 79.9. The molecule has 0 saturated carbocycles. The molecule has 0 aliphatic heterocycles. The Kier molecular flexibility index (Phi) is 3.78. The van der Waals surface area contributed by atoms with Crippen LogP contribution in [0.25, 0.3) is 11.4 Å². The lowest BCUT2D eigenvalue weighted by Crippen LogP contribution is -1.98. The van der Waals surface area contributed by atoms with E-state index in [0.29, 0.717) is 20.3 Å². The Morgan fingerprint density at radius 3 is 2.59 bits per heavy atom. The average molecular weight is 336 g/mol. The molecule has 3 nitrogen and oxygen atoms in total. The lowest BCUT2D eigenvalue weighted by atomic mass is 10.2. The van der Waals surface area contributed by atoms with Crippen molar-refractivity contribution in [3.63, 3.8) is 0 Å². The molecule has 1 aromatic carbocycles. The molecular weight excluding hydrogens is 327 g/mol. The van der Waals surface area contributed by atoms with Crippen molar-refractivity contribution >= 4 is 39.1 Å². The summed E-state index contributed by atoms with van der Waals surface area (Å²) in [5.41, 5.74) is 1.56. The first-order valence-corrected chi connectivity index (χ1v) is 6.37. The van der Waals surface area contributed by atoms with Crippen molar-refractivity contribution in [2.75, 3.05) is 0 Å². The minimum absolute atomic E-state index is 0.0780. The van der Waals surface area contributed by atoms with Gasteiger partial charge in [0.05, 0.1) is 22.3 Å². The van der Waals surface area contributed by atoms with E-state index in [1.807, 2.05) is 17.7 Å². The Morgan fingerprint density at radius 2 is 2.06 bits per heavy atom. The number of aliphatic hydroxyl groups excluding tert-OH is 1. The largest absolute Gasteiger partial charge is 0.390 e. The zero-order chi connectivity index (χ0) is 12.6. The molecule has 0 fully saturated rings. The summed E-state index contributed by atoms with van der Waals surface area (Å²) in [5, 5.41) is 10.2. The lowest BCUT2D eigenvalue weighted by molar-refractivity contribution is 0.272. The van der Waals surface area contributed by atoms with Crippen molar-refractivity contribution in [1.29, 1.82) is 0 Å². The highest BCUT2D eigenvalue weighted by molar-refractivity contribution is 9.10. The summed E-state index contributed by atoms with van der Waals surface area (Å²) in [5.74, 6) is 0.722. The Hall–Kier alpha value is -0.550. The van der Waals surface area contributed by atoms with Gasteiger partial charge in [-0.3, -0.25) is 0 Å². The normalized spacial score (nSPS) is 10.9. The molecular formula is C11H9BrCl2N2O. The second-order valence-corrected chi connectivity index (χ2v) is 5.08. The van der Waals surface area contributed by atoms with Crippen molar-refractivity contribution in [1.82, 2.24) is 9.55 Å². The molecule has 0 atom stereocenters. The molecule has 2 rings (SSSR count). The maximum atomic E-state index is 9.22. The van der Waals surface area contributed by atoms with Crippen molar-refractivity contribution in [2.24, 2.45) is 7.05 Å². The van der Waals surface area contributed by atoms with E-state index in [4.69, 9.17) is 23.2 Å². The molecule has 0 aliphatic carbocycles. The van der Waals surface area contributed by atoms with Gasteiger partial charge in [0.1, 0.15) is 10.4 Å². The zero-order valence-corrected chi connectivity index (χ0v) is 12.0. The van der Waals surface area contributed by atoms with Crippen LogP contribution in [0.5, 0.6) is 0 Å². The number of benzene rings is 1. The van der Waals surface area contributed by atoms with Gasteiger partial charge in [-0.2, -0.15) is 0 Å². The molecule has 6 heteroatoms. The van der Waals surface area contributed by atoms with Crippen LogP contribution in [-0.2, 0) is 13.7 Å². The number of hydrogen-bond donors (Lipinski definition) is 1. The molecule has 0 spiro atoms. The number of rotatable bonds is 2. The fraction of sp³-hybridized carbons (Fsp3) is 0.182. The number of aliphatic hydroxyl groups is 1. The van der Waals surface area contributed by atoms with Gasteiger partial charge in [0.15, 0.2) is 0 Å². The predicted molar refractivity (Wildman–Crippen MR) is 72.3 cm³/mol. The third-order valence-corrected chi connectivity index (χ3v) is 3.87. The molecule has 1 aromatic heterocycles. The van der Waals surface area contributed by atoms with Gasteiger partial charge >= 0.3 is 0 Å². The Morgan fingerprint density at radius 1 is 1.35 bits per heavy atom. The van der Waals surface area contributed by atoms with Gasteiger partial charge < -0.3 is 9.67 Å². The van der Waals surface area contributed by atoms with Gasteiger partial charge in [-0.1, -0.05) is 23.2 Å². The van der Waals surface area contributed by atoms with Crippen molar-refractivity contribution in [3.05, 3.63) is 38.5 Å². The van der Waals surface area contributed by atoms with E-state index in [2.05, 4.69) is 20.9 Å². The molecule has 0 amide bonds. The summed E-state index contributed by atoms with van der Waals surface area (Å²) in [6, 6.07) is 5.31. The second kappa shape index (κ2) is 4.98. The minimum atomic E-state index is -0.0780. The van der Waals surface area contributed by atoms with Gasteiger partial charge in [0, 0.05) is 12.6 Å². The molecule has 0 saturated heterocycles. The SMILES string of the molecule is Cn1c(-c2ccc(Cl)c(Cl)c2)nc(Br)c1CO. The van der Waals surface area contributed by atoms with Gasteiger partial charge in [-0.05, 0) is 34.1 Å². The zero-order valence-electron chi connectivity index (χ0n) is 8.91. The summed E-state index contributed by atoms with van der Waals surface area (Å²) in [7, 11) is 1.83. The summed E-state index contributed by atoms with van der Waals surface area (Å²) >= 11 is 15.1. The van der Waals surface area contributed by atoms with E-state index in [9.17, 15) is 5.11 Å². The number of hydrogen-bond acceptors (Lipinski definition) is 2. The molecule has 0 unspecified atom stereocenters. The van der Waals surface area contributed by atoms with Gasteiger partial charge in [-0.25, -0.2) is 4.98 Å². The van der Waals surface area contributed by atoms with Crippen LogP contribution < -0.4 is 0 Å². The molecule has 1 N–H and O–H groups in total. The monoisotopic (exact) mass is 334 g/mol. The van der Waals surface area contributed by atoms with E-state index in [-0.39, 0.29) is 6.61 Å². The van der Waals surface area contributed by atoms with Crippen LogP contribution in [0.4, 0.5) is 0 Å². The number of nitrogens with zero attached hydrogens (tertiary/aromatic N) is 2. The quantitative estimate of drug-likeness (QED) is 0.909. The highest BCUT2D eigenvalue weighted by Gasteiger charge is 2.14. The van der Waals surface area contributed by atoms with Crippen LogP contribution in [0.2, 0.25) is 10.0 Å². The van der Waals surface area contributed by atoms with Crippen LogP contribution in [-0.4, -0.2) is 14.7 Å². The van der Waals surface area contributed by atoms with Crippen LogP contribution in [0, 0.1) is 0 Å². The maximum absolute atomic E-state index is 9.22. The van der Waals surface area contributed by atoms with E-state index in [1.165, 1.54) is 0 Å². The van der Waals surface area contributed by atoms with Gasteiger partial charge in [0.25, 0.3) is 0 Å². The first kappa shape index (κ1) is 12.9. The Balaban J connectivity index is 2.57. The molecule has 2 aromatic rings. The van der Waals surface area contributed by atoms with Crippen LogP contribution >= 0.6 is 39.1 Å². The third-order valence-electron chi connectivity index (χ3n) is 2.49. The molecule has 1 heterocycles. The standard InChI is InChI=1S/C11H9BrCl2N2O/c1-16-9(5-17)10(12)15-11(16)6-2-3-7(13)8(14)4-6/h2-4,17H,5H2,1H3. The number of imidazole rings is 1. The highest BCUT2D eigenvalue weighted by Crippen LogP contribution is 2.30. The topological polar surface area (TPSA) is 38.0 Å². The summed E-state index contributed by atoms with van der Waals surface area (Å²) < 4.78 is 2.44. The van der Waals surface area contributed by atoms with Crippen molar-refractivity contribution in [2.45, 2.75) is 6.61 Å². The first-order valence-electron chi connectivity index (χ1n) is 4.82. The van der Waals surface area contributed by atoms with Crippen LogP contribution in [0.3, 0.4) is 0 Å². The van der Waals surface area contributed by atoms with Gasteiger partial charge in [-0.15, -0.1) is 0 Å². The van der Waals surface area contributed by atoms with E-state index in [1.54, 1.807) is 12.1 Å². The van der Waals surface area contributed by atoms with E-state index < -0.39 is 0 Å². The average Bonchev–Trinajstić information content (AvgIpc) is 2.58. The van der Waals surface area contributed by atoms with Gasteiger partial charge in [0.2, 0.25) is 0 Å². The predicted octanol–water partition coefficient (Wildman–Crippen LogP) is 3.65. The summed E-state index contributed by atoms with van der Waals surface area (Å²) in [6.07, 6.45) is 0. The molecule has 0 bridgehead atoms. The van der Waals surface area contributed by atoms with Crippen molar-refractivity contribution in [3.8, 4) is 11.4 Å². The van der Waals surface area contributed by atoms with E-state index >= 15 is 0 Å². The molecule has 17 heavy (non-hydrogen) atoms. The molecule has 90 valence electrons. The summed E-state index contributed by atoms with van der Waals surface area (Å²) in [4.78, 5) is 4.34. The van der Waals surface area contributed by atoms with Crippen LogP contribution in [0.15, 0.2) is 22.8 Å². The Bertz CT molecular complexity index is 569.